The molecule has 0 atom stereocenters. The van der Waals surface area contributed by atoms with Crippen molar-refractivity contribution in [3.8, 4) is 10.6 Å². The fourth-order valence-corrected chi connectivity index (χ4v) is 2.96. The summed E-state index contributed by atoms with van der Waals surface area (Å²) in [6, 6.07) is 4.85. The van der Waals surface area contributed by atoms with Crippen LogP contribution in [0.25, 0.3) is 10.6 Å². The van der Waals surface area contributed by atoms with Gasteiger partial charge < -0.3 is 5.32 Å². The summed E-state index contributed by atoms with van der Waals surface area (Å²) in [5.74, 6) is -0.215. The van der Waals surface area contributed by atoms with Crippen LogP contribution in [-0.4, -0.2) is 10.5 Å². The third kappa shape index (κ3) is 3.64. The predicted molar refractivity (Wildman–Crippen MR) is 83.6 cm³/mol. The van der Waals surface area contributed by atoms with Gasteiger partial charge in [0.25, 0.3) is 0 Å². The second-order valence-electron chi connectivity index (χ2n) is 6.09. The molecule has 0 spiro atoms. The van der Waals surface area contributed by atoms with Crippen molar-refractivity contribution < 1.29 is 4.39 Å². The summed E-state index contributed by atoms with van der Waals surface area (Å²) >= 11 is 1.64. The minimum absolute atomic E-state index is 0.0748. The van der Waals surface area contributed by atoms with E-state index in [1.807, 2.05) is 13.8 Å². The van der Waals surface area contributed by atoms with Crippen LogP contribution in [-0.2, 0) is 6.54 Å². The minimum Gasteiger partial charge on any atom is -0.307 e. The van der Waals surface area contributed by atoms with Crippen LogP contribution in [0.3, 0.4) is 0 Å². The normalized spacial score (nSPS) is 11.9. The van der Waals surface area contributed by atoms with Gasteiger partial charge in [-0.1, -0.05) is 6.07 Å². The number of nitrogens with one attached hydrogen (secondary N) is 1. The molecule has 0 aliphatic rings. The Hall–Kier alpha value is -1.26. The second kappa shape index (κ2) is 5.62. The Bertz CT molecular complexity index is 611. The Balaban J connectivity index is 2.29. The van der Waals surface area contributed by atoms with Crippen molar-refractivity contribution in [3.05, 3.63) is 40.2 Å². The van der Waals surface area contributed by atoms with Gasteiger partial charge >= 0.3 is 0 Å². The highest BCUT2D eigenvalue weighted by atomic mass is 32.1. The molecule has 2 rings (SSSR count). The second-order valence-corrected chi connectivity index (χ2v) is 7.17. The van der Waals surface area contributed by atoms with Gasteiger partial charge in [0.05, 0.1) is 5.69 Å². The molecule has 0 aliphatic heterocycles. The number of nitrogens with zero attached hydrogens (tertiary/aromatic N) is 1. The zero-order valence-electron chi connectivity index (χ0n) is 12.7. The van der Waals surface area contributed by atoms with E-state index >= 15 is 0 Å². The van der Waals surface area contributed by atoms with E-state index in [1.54, 1.807) is 23.5 Å². The highest BCUT2D eigenvalue weighted by Gasteiger charge is 2.14. The molecule has 0 fully saturated rings. The molecule has 1 aromatic carbocycles. The van der Waals surface area contributed by atoms with E-state index in [2.05, 4.69) is 31.1 Å². The summed E-state index contributed by atoms with van der Waals surface area (Å²) in [5.41, 5.74) is 3.03. The van der Waals surface area contributed by atoms with E-state index in [0.717, 1.165) is 28.4 Å². The number of rotatable bonds is 3. The fourth-order valence-electron chi connectivity index (χ4n) is 1.88. The molecule has 1 N–H and O–H groups in total. The number of aromatic nitrogens is 1. The maximum absolute atomic E-state index is 13.4. The molecule has 0 bridgehead atoms. The smallest absolute Gasteiger partial charge is 0.124 e. The first kappa shape index (κ1) is 15.1. The van der Waals surface area contributed by atoms with E-state index in [-0.39, 0.29) is 11.4 Å². The lowest BCUT2D eigenvalue weighted by Gasteiger charge is -2.19. The van der Waals surface area contributed by atoms with Crippen molar-refractivity contribution in [3.63, 3.8) is 0 Å². The zero-order chi connectivity index (χ0) is 14.9. The number of halogens is 1. The zero-order valence-corrected chi connectivity index (χ0v) is 13.5. The van der Waals surface area contributed by atoms with Crippen molar-refractivity contribution in [1.29, 1.82) is 0 Å². The van der Waals surface area contributed by atoms with E-state index in [9.17, 15) is 4.39 Å². The Morgan fingerprint density at radius 3 is 2.60 bits per heavy atom. The SMILES string of the molecule is Cc1ccc(F)cc1-c1nc(C)c(CNC(C)(C)C)s1. The lowest BCUT2D eigenvalue weighted by atomic mass is 10.1. The van der Waals surface area contributed by atoms with Gasteiger partial charge in [0.1, 0.15) is 10.8 Å². The standard InChI is InChI=1S/C16H21FN2S/c1-10-6-7-12(17)8-13(10)15-19-11(2)14(20-15)9-18-16(3,4)5/h6-8,18H,9H2,1-5H3. The summed E-state index contributed by atoms with van der Waals surface area (Å²) in [6.45, 7) is 11.2. The van der Waals surface area contributed by atoms with Gasteiger partial charge in [-0.25, -0.2) is 9.37 Å². The first-order chi connectivity index (χ1) is 9.26. The molecule has 0 amide bonds. The molecule has 1 aromatic heterocycles. The number of benzene rings is 1. The molecule has 0 saturated carbocycles. The van der Waals surface area contributed by atoms with Crippen LogP contribution >= 0.6 is 11.3 Å². The first-order valence-electron chi connectivity index (χ1n) is 6.74. The van der Waals surface area contributed by atoms with Crippen LogP contribution in [0.2, 0.25) is 0 Å². The van der Waals surface area contributed by atoms with Gasteiger partial charge in [0, 0.05) is 22.5 Å². The van der Waals surface area contributed by atoms with Gasteiger partial charge in [-0.3, -0.25) is 0 Å². The largest absolute Gasteiger partial charge is 0.307 e. The summed E-state index contributed by atoms with van der Waals surface area (Å²) < 4.78 is 13.4. The molecule has 0 saturated heterocycles. The van der Waals surface area contributed by atoms with Gasteiger partial charge in [0.2, 0.25) is 0 Å². The minimum atomic E-state index is -0.215. The highest BCUT2D eigenvalue weighted by molar-refractivity contribution is 7.15. The van der Waals surface area contributed by atoms with Gasteiger partial charge in [-0.15, -0.1) is 11.3 Å². The topological polar surface area (TPSA) is 24.9 Å². The monoisotopic (exact) mass is 292 g/mol. The van der Waals surface area contributed by atoms with Gasteiger partial charge in [0.15, 0.2) is 0 Å². The molecule has 4 heteroatoms. The summed E-state index contributed by atoms with van der Waals surface area (Å²) in [5, 5.41) is 4.36. The van der Waals surface area contributed by atoms with Crippen LogP contribution in [0.4, 0.5) is 4.39 Å². The molecular weight excluding hydrogens is 271 g/mol. The van der Waals surface area contributed by atoms with Gasteiger partial charge in [-0.2, -0.15) is 0 Å². The molecule has 0 radical (unpaired) electrons. The molecule has 108 valence electrons. The van der Waals surface area contributed by atoms with E-state index in [1.165, 1.54) is 10.9 Å². The van der Waals surface area contributed by atoms with Gasteiger partial charge in [-0.05, 0) is 52.3 Å². The number of hydrogen-bond donors (Lipinski definition) is 1. The lowest BCUT2D eigenvalue weighted by molar-refractivity contribution is 0.425. The maximum atomic E-state index is 13.4. The number of hydrogen-bond acceptors (Lipinski definition) is 3. The molecule has 2 aromatic rings. The third-order valence-electron chi connectivity index (χ3n) is 3.10. The third-order valence-corrected chi connectivity index (χ3v) is 4.29. The summed E-state index contributed by atoms with van der Waals surface area (Å²) in [7, 11) is 0. The number of thiazole rings is 1. The van der Waals surface area contributed by atoms with Crippen LogP contribution < -0.4 is 5.32 Å². The lowest BCUT2D eigenvalue weighted by Crippen LogP contribution is -2.34. The Morgan fingerprint density at radius 2 is 1.95 bits per heavy atom. The van der Waals surface area contributed by atoms with Crippen LogP contribution in [0.15, 0.2) is 18.2 Å². The molecular formula is C16H21FN2S. The van der Waals surface area contributed by atoms with Crippen LogP contribution in [0.1, 0.15) is 36.9 Å². The summed E-state index contributed by atoms with van der Waals surface area (Å²) in [4.78, 5) is 5.80. The molecule has 0 unspecified atom stereocenters. The average molecular weight is 292 g/mol. The molecule has 2 nitrogen and oxygen atoms in total. The first-order valence-corrected chi connectivity index (χ1v) is 7.56. The van der Waals surface area contributed by atoms with Crippen molar-refractivity contribution in [2.24, 2.45) is 0 Å². The van der Waals surface area contributed by atoms with E-state index < -0.39 is 0 Å². The molecule has 0 aliphatic carbocycles. The summed E-state index contributed by atoms with van der Waals surface area (Å²) in [6.07, 6.45) is 0. The van der Waals surface area contributed by atoms with Crippen molar-refractivity contribution in [1.82, 2.24) is 10.3 Å². The van der Waals surface area contributed by atoms with Crippen molar-refractivity contribution in [2.75, 3.05) is 0 Å². The highest BCUT2D eigenvalue weighted by Crippen LogP contribution is 2.30. The van der Waals surface area contributed by atoms with Crippen LogP contribution in [0.5, 0.6) is 0 Å². The van der Waals surface area contributed by atoms with Crippen molar-refractivity contribution in [2.45, 2.75) is 46.7 Å². The average Bonchev–Trinajstić information content (AvgIpc) is 2.70. The van der Waals surface area contributed by atoms with E-state index in [4.69, 9.17) is 0 Å². The van der Waals surface area contributed by atoms with E-state index in [0.29, 0.717) is 0 Å². The quantitative estimate of drug-likeness (QED) is 0.903. The fraction of sp³-hybridized carbons (Fsp3) is 0.438. The molecule has 20 heavy (non-hydrogen) atoms. The Kier molecular flexibility index (Phi) is 4.25. The van der Waals surface area contributed by atoms with Crippen molar-refractivity contribution >= 4 is 11.3 Å². The Labute approximate surface area is 124 Å². The predicted octanol–water partition coefficient (Wildman–Crippen LogP) is 4.45. The molecule has 1 heterocycles. The van der Waals surface area contributed by atoms with Crippen LogP contribution in [0, 0.1) is 19.7 Å². The maximum Gasteiger partial charge on any atom is 0.124 e. The number of aryl methyl sites for hydroxylation is 2. The Morgan fingerprint density at radius 1 is 1.25 bits per heavy atom.